The molecule has 0 saturated carbocycles. The zero-order chi connectivity index (χ0) is 13.9. The second-order valence-corrected chi connectivity index (χ2v) is 3.14. The molecule has 1 aromatic carbocycles. The molecule has 0 aliphatic heterocycles. The summed E-state index contributed by atoms with van der Waals surface area (Å²) in [6.45, 7) is 0. The van der Waals surface area contributed by atoms with Crippen LogP contribution >= 0.6 is 0 Å². The molecule has 7 heteroatoms. The molecule has 0 spiro atoms. The quantitative estimate of drug-likeness (QED) is 0.620. The second-order valence-electron chi connectivity index (χ2n) is 3.14. The lowest BCUT2D eigenvalue weighted by Gasteiger charge is -2.10. The molecule has 0 heterocycles. The number of nitriles is 2. The van der Waals surface area contributed by atoms with Gasteiger partial charge in [0.2, 0.25) is 0 Å². The third-order valence-corrected chi connectivity index (χ3v) is 1.99. The van der Waals surface area contributed by atoms with Crippen molar-refractivity contribution in [2.45, 2.75) is 6.18 Å². The first-order valence-corrected chi connectivity index (χ1v) is 4.41. The van der Waals surface area contributed by atoms with Crippen LogP contribution in [0.1, 0.15) is 11.1 Å². The molecular formula is C11H4F4N2O. The first-order chi connectivity index (χ1) is 8.31. The van der Waals surface area contributed by atoms with Crippen molar-refractivity contribution in [3.05, 3.63) is 34.6 Å². The van der Waals surface area contributed by atoms with Crippen LogP contribution in [0.3, 0.4) is 0 Å². The summed E-state index contributed by atoms with van der Waals surface area (Å²) in [6.07, 6.45) is -4.14. The van der Waals surface area contributed by atoms with Crippen molar-refractivity contribution in [2.75, 3.05) is 0 Å². The van der Waals surface area contributed by atoms with Gasteiger partial charge in [0.25, 0.3) is 0 Å². The van der Waals surface area contributed by atoms with Gasteiger partial charge in [-0.15, -0.1) is 0 Å². The number of phenols is 1. The highest BCUT2D eigenvalue weighted by Crippen LogP contribution is 2.36. The molecule has 92 valence electrons. The number of rotatable bonds is 1. The Morgan fingerprint density at radius 3 is 2.22 bits per heavy atom. The first kappa shape index (κ1) is 13.5. The molecule has 18 heavy (non-hydrogen) atoms. The number of nitrogens with zero attached hydrogens (tertiary/aromatic N) is 2. The highest BCUT2D eigenvalue weighted by Gasteiger charge is 2.35. The third kappa shape index (κ3) is 2.58. The summed E-state index contributed by atoms with van der Waals surface area (Å²) in [6, 6.07) is 4.07. The molecule has 3 nitrogen and oxygen atoms in total. The zero-order valence-electron chi connectivity index (χ0n) is 8.59. The van der Waals surface area contributed by atoms with E-state index in [0.29, 0.717) is 6.07 Å². The predicted octanol–water partition coefficient (Wildman–Crippen LogP) is 2.98. The second kappa shape index (κ2) is 4.76. The average Bonchev–Trinajstić information content (AvgIpc) is 2.29. The van der Waals surface area contributed by atoms with Gasteiger partial charge in [0, 0.05) is 5.56 Å². The summed E-state index contributed by atoms with van der Waals surface area (Å²) in [5, 5.41) is 26.1. The molecule has 0 saturated heterocycles. The fourth-order valence-electron chi connectivity index (χ4n) is 1.16. The molecule has 0 aromatic heterocycles. The van der Waals surface area contributed by atoms with Gasteiger partial charge >= 0.3 is 6.18 Å². The Kier molecular flexibility index (Phi) is 3.58. The maximum Gasteiger partial charge on any atom is 0.419 e. The summed E-state index contributed by atoms with van der Waals surface area (Å²) in [5.41, 5.74) is -2.46. The number of hydrogen-bond acceptors (Lipinski definition) is 3. The molecule has 1 aromatic rings. The molecule has 0 amide bonds. The summed E-state index contributed by atoms with van der Waals surface area (Å²) < 4.78 is 50.1. The fraction of sp³-hybridized carbons (Fsp3) is 0.0909. The first-order valence-electron chi connectivity index (χ1n) is 4.41. The van der Waals surface area contributed by atoms with E-state index in [4.69, 9.17) is 10.5 Å². The Balaban J connectivity index is 3.40. The molecule has 0 fully saturated rings. The summed E-state index contributed by atoms with van der Waals surface area (Å²) in [5.74, 6) is -3.10. The minimum absolute atomic E-state index is 0.376. The van der Waals surface area contributed by atoms with Crippen LogP contribution in [0.25, 0.3) is 6.08 Å². The predicted molar refractivity (Wildman–Crippen MR) is 52.3 cm³/mol. The van der Waals surface area contributed by atoms with E-state index in [0.717, 1.165) is 12.1 Å². The zero-order valence-corrected chi connectivity index (χ0v) is 8.59. The van der Waals surface area contributed by atoms with E-state index < -0.39 is 28.9 Å². The lowest BCUT2D eigenvalue weighted by Crippen LogP contribution is -2.08. The molecule has 0 radical (unpaired) electrons. The molecule has 0 atom stereocenters. The van der Waals surface area contributed by atoms with E-state index >= 15 is 0 Å². The Morgan fingerprint density at radius 1 is 1.22 bits per heavy atom. The van der Waals surface area contributed by atoms with Crippen LogP contribution in [0, 0.1) is 28.5 Å². The number of phenolic OH excluding ortho intramolecular Hbond substituents is 1. The molecule has 0 aliphatic carbocycles. The monoisotopic (exact) mass is 256 g/mol. The van der Waals surface area contributed by atoms with Crippen molar-refractivity contribution < 1.29 is 22.7 Å². The van der Waals surface area contributed by atoms with Crippen molar-refractivity contribution >= 4 is 6.08 Å². The van der Waals surface area contributed by atoms with E-state index in [1.165, 1.54) is 12.1 Å². The largest absolute Gasteiger partial charge is 0.504 e. The Hall–Kier alpha value is -2.54. The van der Waals surface area contributed by atoms with Crippen molar-refractivity contribution in [1.82, 2.24) is 0 Å². The number of hydrogen-bond donors (Lipinski definition) is 1. The van der Waals surface area contributed by atoms with Crippen molar-refractivity contribution in [2.24, 2.45) is 0 Å². The van der Waals surface area contributed by atoms with Crippen LogP contribution in [0.15, 0.2) is 17.7 Å². The van der Waals surface area contributed by atoms with Crippen LogP contribution in [-0.2, 0) is 6.18 Å². The van der Waals surface area contributed by atoms with E-state index in [9.17, 15) is 22.7 Å². The van der Waals surface area contributed by atoms with Crippen LogP contribution < -0.4 is 0 Å². The normalized spacial score (nSPS) is 10.3. The van der Waals surface area contributed by atoms with Crippen LogP contribution in [0.4, 0.5) is 17.6 Å². The molecular weight excluding hydrogens is 252 g/mol. The van der Waals surface area contributed by atoms with E-state index in [2.05, 4.69) is 0 Å². The average molecular weight is 256 g/mol. The lowest BCUT2D eigenvalue weighted by molar-refractivity contribution is -0.140. The fourth-order valence-corrected chi connectivity index (χ4v) is 1.16. The van der Waals surface area contributed by atoms with Crippen molar-refractivity contribution in [1.29, 1.82) is 10.5 Å². The van der Waals surface area contributed by atoms with Gasteiger partial charge < -0.3 is 5.11 Å². The number of benzene rings is 1. The molecule has 1 N–H and O–H groups in total. The van der Waals surface area contributed by atoms with Gasteiger partial charge in [0.05, 0.1) is 5.56 Å². The summed E-state index contributed by atoms with van der Waals surface area (Å²) in [4.78, 5) is 0. The topological polar surface area (TPSA) is 67.8 Å². The van der Waals surface area contributed by atoms with Gasteiger partial charge in [-0.05, 0) is 12.1 Å². The smallest absolute Gasteiger partial charge is 0.419 e. The van der Waals surface area contributed by atoms with Gasteiger partial charge in [-0.2, -0.15) is 23.7 Å². The maximum absolute atomic E-state index is 13.3. The minimum atomic E-state index is -4.93. The van der Waals surface area contributed by atoms with Gasteiger partial charge in [-0.25, -0.2) is 4.39 Å². The summed E-state index contributed by atoms with van der Waals surface area (Å²) in [7, 11) is 0. The van der Waals surface area contributed by atoms with Gasteiger partial charge in [-0.1, -0.05) is 6.07 Å². The Bertz CT molecular complexity index is 575. The maximum atomic E-state index is 13.3. The van der Waals surface area contributed by atoms with Gasteiger partial charge in [-0.3, -0.25) is 0 Å². The van der Waals surface area contributed by atoms with Crippen molar-refractivity contribution in [3.63, 3.8) is 0 Å². The van der Waals surface area contributed by atoms with E-state index in [1.54, 1.807) is 0 Å². The Labute approximate surface area is 98.8 Å². The van der Waals surface area contributed by atoms with Gasteiger partial charge in [0.1, 0.15) is 17.7 Å². The van der Waals surface area contributed by atoms with E-state index in [-0.39, 0.29) is 5.56 Å². The minimum Gasteiger partial charge on any atom is -0.504 e. The van der Waals surface area contributed by atoms with Crippen LogP contribution in [0.2, 0.25) is 0 Å². The third-order valence-electron chi connectivity index (χ3n) is 1.99. The Morgan fingerprint density at radius 2 is 1.78 bits per heavy atom. The van der Waals surface area contributed by atoms with Crippen LogP contribution in [-0.4, -0.2) is 5.11 Å². The van der Waals surface area contributed by atoms with Crippen LogP contribution in [0.5, 0.6) is 5.75 Å². The SMILES string of the molecule is N#CC(C#N)=Cc1ccc(C(F)(F)F)c(F)c1O. The standard InChI is InChI=1S/C11H4F4N2O/c12-9-8(11(13,14)15)2-1-7(10(9)18)3-6(4-16)5-17/h1-3,18H. The highest BCUT2D eigenvalue weighted by atomic mass is 19.4. The molecule has 0 aliphatic rings. The number of alkyl halides is 3. The summed E-state index contributed by atoms with van der Waals surface area (Å²) >= 11 is 0. The molecule has 0 unspecified atom stereocenters. The number of halogens is 4. The lowest BCUT2D eigenvalue weighted by atomic mass is 10.1. The number of aromatic hydroxyl groups is 1. The molecule has 0 bridgehead atoms. The highest BCUT2D eigenvalue weighted by molar-refractivity contribution is 5.66. The number of allylic oxidation sites excluding steroid dienone is 1. The van der Waals surface area contributed by atoms with Crippen molar-refractivity contribution in [3.8, 4) is 17.9 Å². The van der Waals surface area contributed by atoms with Gasteiger partial charge in [0.15, 0.2) is 11.6 Å². The van der Waals surface area contributed by atoms with E-state index in [1.807, 2.05) is 0 Å². The molecule has 1 rings (SSSR count).